The quantitative estimate of drug-likeness (QED) is 0.824. The maximum Gasteiger partial charge on any atom is 0.0575 e. The number of nitrogens with two attached hydrogens (primary N) is 1. The topological polar surface area (TPSA) is 41.3 Å². The molecular weight excluding hydrogens is 246 g/mol. The van der Waals surface area contributed by atoms with Gasteiger partial charge in [-0.15, -0.1) is 0 Å². The third kappa shape index (κ3) is 3.53. The Kier molecular flexibility index (Phi) is 4.72. The SMILES string of the molecule is CCN1CCC(CNc2ccc(Cl)cc2N)CC1. The number of anilines is 2. The lowest BCUT2D eigenvalue weighted by Crippen LogP contribution is -2.35. The van der Waals surface area contributed by atoms with Gasteiger partial charge in [0, 0.05) is 11.6 Å². The molecule has 100 valence electrons. The largest absolute Gasteiger partial charge is 0.397 e. The molecule has 18 heavy (non-hydrogen) atoms. The summed E-state index contributed by atoms with van der Waals surface area (Å²) in [6.07, 6.45) is 2.54. The Morgan fingerprint density at radius 3 is 2.72 bits per heavy atom. The van der Waals surface area contributed by atoms with E-state index >= 15 is 0 Å². The van der Waals surface area contributed by atoms with Crippen LogP contribution in [0, 0.1) is 5.92 Å². The highest BCUT2D eigenvalue weighted by Crippen LogP contribution is 2.24. The first-order chi connectivity index (χ1) is 8.69. The fourth-order valence-electron chi connectivity index (χ4n) is 2.46. The minimum atomic E-state index is 0.689. The van der Waals surface area contributed by atoms with E-state index in [0.29, 0.717) is 5.02 Å². The molecule has 0 atom stereocenters. The molecule has 1 fully saturated rings. The monoisotopic (exact) mass is 267 g/mol. The number of halogens is 1. The van der Waals surface area contributed by atoms with Crippen LogP contribution in [0.3, 0.4) is 0 Å². The van der Waals surface area contributed by atoms with Crippen molar-refractivity contribution in [3.63, 3.8) is 0 Å². The second-order valence-electron chi connectivity index (χ2n) is 4.99. The van der Waals surface area contributed by atoms with Crippen molar-refractivity contribution in [1.29, 1.82) is 0 Å². The number of piperidine rings is 1. The smallest absolute Gasteiger partial charge is 0.0575 e. The Morgan fingerprint density at radius 2 is 2.11 bits per heavy atom. The molecule has 2 rings (SSSR count). The average molecular weight is 268 g/mol. The lowest BCUT2D eigenvalue weighted by Gasteiger charge is -2.31. The van der Waals surface area contributed by atoms with Crippen LogP contribution < -0.4 is 11.1 Å². The Labute approximate surface area is 114 Å². The van der Waals surface area contributed by atoms with Crippen LogP contribution in [0.2, 0.25) is 5.02 Å². The molecule has 0 unspecified atom stereocenters. The number of nitrogens with zero attached hydrogens (tertiary/aromatic N) is 1. The van der Waals surface area contributed by atoms with Gasteiger partial charge in [0.15, 0.2) is 0 Å². The third-order valence-electron chi connectivity index (χ3n) is 3.75. The van der Waals surface area contributed by atoms with Crippen molar-refractivity contribution in [2.24, 2.45) is 5.92 Å². The molecule has 1 heterocycles. The van der Waals surface area contributed by atoms with Gasteiger partial charge in [0.1, 0.15) is 0 Å². The zero-order valence-electron chi connectivity index (χ0n) is 11.0. The van der Waals surface area contributed by atoms with Gasteiger partial charge in [-0.05, 0) is 56.6 Å². The third-order valence-corrected chi connectivity index (χ3v) is 3.98. The van der Waals surface area contributed by atoms with Crippen LogP contribution in [0.5, 0.6) is 0 Å². The van der Waals surface area contributed by atoms with Gasteiger partial charge < -0.3 is 16.0 Å². The molecule has 0 saturated carbocycles. The zero-order chi connectivity index (χ0) is 13.0. The molecule has 0 bridgehead atoms. The van der Waals surface area contributed by atoms with E-state index in [-0.39, 0.29) is 0 Å². The molecule has 0 aliphatic carbocycles. The maximum atomic E-state index is 5.93. The summed E-state index contributed by atoms with van der Waals surface area (Å²) in [5.41, 5.74) is 7.65. The van der Waals surface area contributed by atoms with Gasteiger partial charge in [-0.1, -0.05) is 18.5 Å². The molecule has 0 radical (unpaired) electrons. The van der Waals surface area contributed by atoms with Gasteiger partial charge in [0.25, 0.3) is 0 Å². The van der Waals surface area contributed by atoms with E-state index in [1.165, 1.54) is 32.5 Å². The van der Waals surface area contributed by atoms with Crippen molar-refractivity contribution in [2.75, 3.05) is 37.2 Å². The number of nitrogens with one attached hydrogen (secondary N) is 1. The van der Waals surface area contributed by atoms with Crippen LogP contribution in [0.4, 0.5) is 11.4 Å². The second kappa shape index (κ2) is 6.30. The lowest BCUT2D eigenvalue weighted by molar-refractivity contribution is 0.198. The Bertz CT molecular complexity index is 387. The first-order valence-electron chi connectivity index (χ1n) is 6.70. The summed E-state index contributed by atoms with van der Waals surface area (Å²) >= 11 is 5.88. The number of hydrogen-bond donors (Lipinski definition) is 2. The molecule has 1 aliphatic heterocycles. The van der Waals surface area contributed by atoms with Gasteiger partial charge in [-0.25, -0.2) is 0 Å². The maximum absolute atomic E-state index is 5.93. The summed E-state index contributed by atoms with van der Waals surface area (Å²) in [5.74, 6) is 0.753. The van der Waals surface area contributed by atoms with Crippen LogP contribution in [-0.2, 0) is 0 Å². The minimum Gasteiger partial charge on any atom is -0.397 e. The molecule has 1 aromatic rings. The van der Waals surface area contributed by atoms with Gasteiger partial charge in [-0.3, -0.25) is 0 Å². The van der Waals surface area contributed by atoms with Crippen molar-refractivity contribution in [3.05, 3.63) is 23.2 Å². The minimum absolute atomic E-state index is 0.689. The van der Waals surface area contributed by atoms with Gasteiger partial charge in [-0.2, -0.15) is 0 Å². The predicted molar refractivity (Wildman–Crippen MR) is 79.2 cm³/mol. The number of hydrogen-bond acceptors (Lipinski definition) is 3. The van der Waals surface area contributed by atoms with Gasteiger partial charge >= 0.3 is 0 Å². The number of rotatable bonds is 4. The van der Waals surface area contributed by atoms with Gasteiger partial charge in [0.05, 0.1) is 11.4 Å². The number of benzene rings is 1. The van der Waals surface area contributed by atoms with Crippen LogP contribution in [0.15, 0.2) is 18.2 Å². The number of likely N-dealkylation sites (tertiary alicyclic amines) is 1. The number of nitrogen functional groups attached to an aromatic ring is 1. The normalized spacial score (nSPS) is 17.9. The molecule has 1 saturated heterocycles. The molecule has 1 aliphatic rings. The van der Waals surface area contributed by atoms with E-state index in [1.54, 1.807) is 6.07 Å². The lowest BCUT2D eigenvalue weighted by atomic mass is 9.97. The van der Waals surface area contributed by atoms with Crippen LogP contribution in [0.1, 0.15) is 19.8 Å². The molecule has 4 heteroatoms. The summed E-state index contributed by atoms with van der Waals surface area (Å²) in [5, 5.41) is 4.13. The fraction of sp³-hybridized carbons (Fsp3) is 0.571. The Hall–Kier alpha value is -0.930. The van der Waals surface area contributed by atoms with E-state index in [0.717, 1.165) is 23.8 Å². The Balaban J connectivity index is 1.81. The van der Waals surface area contributed by atoms with E-state index in [9.17, 15) is 0 Å². The van der Waals surface area contributed by atoms with E-state index in [1.807, 2.05) is 12.1 Å². The van der Waals surface area contributed by atoms with Crippen molar-refractivity contribution < 1.29 is 0 Å². The molecule has 3 N–H and O–H groups in total. The van der Waals surface area contributed by atoms with Crippen molar-refractivity contribution >= 4 is 23.0 Å². The summed E-state index contributed by atoms with van der Waals surface area (Å²) in [6.45, 7) is 6.85. The fourth-order valence-corrected chi connectivity index (χ4v) is 2.64. The first kappa shape index (κ1) is 13.5. The molecular formula is C14H22ClN3. The summed E-state index contributed by atoms with van der Waals surface area (Å²) < 4.78 is 0. The molecule has 0 amide bonds. The highest BCUT2D eigenvalue weighted by atomic mass is 35.5. The zero-order valence-corrected chi connectivity index (χ0v) is 11.7. The van der Waals surface area contributed by atoms with Gasteiger partial charge in [0.2, 0.25) is 0 Å². The van der Waals surface area contributed by atoms with E-state index in [4.69, 9.17) is 17.3 Å². The predicted octanol–water partition coefficient (Wildman–Crippen LogP) is 3.07. The van der Waals surface area contributed by atoms with Crippen LogP contribution in [0.25, 0.3) is 0 Å². The molecule has 0 spiro atoms. The van der Waals surface area contributed by atoms with Crippen LogP contribution in [-0.4, -0.2) is 31.1 Å². The molecule has 1 aromatic carbocycles. The van der Waals surface area contributed by atoms with E-state index < -0.39 is 0 Å². The average Bonchev–Trinajstić information content (AvgIpc) is 2.38. The highest BCUT2D eigenvalue weighted by Gasteiger charge is 2.17. The summed E-state index contributed by atoms with van der Waals surface area (Å²) in [4.78, 5) is 2.51. The summed E-state index contributed by atoms with van der Waals surface area (Å²) in [7, 11) is 0. The Morgan fingerprint density at radius 1 is 1.39 bits per heavy atom. The molecule has 0 aromatic heterocycles. The summed E-state index contributed by atoms with van der Waals surface area (Å²) in [6, 6.07) is 5.63. The van der Waals surface area contributed by atoms with Crippen molar-refractivity contribution in [3.8, 4) is 0 Å². The first-order valence-corrected chi connectivity index (χ1v) is 7.08. The van der Waals surface area contributed by atoms with Crippen molar-refractivity contribution in [2.45, 2.75) is 19.8 Å². The standard InChI is InChI=1S/C14H22ClN3/c1-2-18-7-5-11(6-8-18)10-17-14-4-3-12(15)9-13(14)16/h3-4,9,11,17H,2,5-8,10,16H2,1H3. The highest BCUT2D eigenvalue weighted by molar-refractivity contribution is 6.31. The molecule has 3 nitrogen and oxygen atoms in total. The van der Waals surface area contributed by atoms with Crippen LogP contribution >= 0.6 is 11.6 Å². The van der Waals surface area contributed by atoms with Crippen molar-refractivity contribution in [1.82, 2.24) is 4.90 Å². The van der Waals surface area contributed by atoms with E-state index in [2.05, 4.69) is 17.1 Å². The second-order valence-corrected chi connectivity index (χ2v) is 5.43.